The van der Waals surface area contributed by atoms with Crippen LogP contribution in [0.5, 0.6) is 0 Å². The highest BCUT2D eigenvalue weighted by molar-refractivity contribution is 6.31. The SMILES string of the molecule is CC(=O)Nc1cccc(C(C)NC(=O)NC(C)c2ccccc2Cl)c1. The molecule has 6 heteroatoms. The second kappa shape index (κ2) is 8.53. The first kappa shape index (κ1) is 18.8. The highest BCUT2D eigenvalue weighted by atomic mass is 35.5. The summed E-state index contributed by atoms with van der Waals surface area (Å²) >= 11 is 6.16. The number of carbonyl (C=O) groups is 2. The van der Waals surface area contributed by atoms with Gasteiger partial charge in [-0.1, -0.05) is 41.9 Å². The molecule has 0 spiro atoms. The molecular weight excluding hydrogens is 338 g/mol. The van der Waals surface area contributed by atoms with E-state index < -0.39 is 0 Å². The number of hydrogen-bond donors (Lipinski definition) is 3. The lowest BCUT2D eigenvalue weighted by Crippen LogP contribution is -2.38. The molecule has 0 heterocycles. The Morgan fingerprint density at radius 2 is 1.64 bits per heavy atom. The third-order valence-corrected chi connectivity index (χ3v) is 4.12. The van der Waals surface area contributed by atoms with Gasteiger partial charge in [0.15, 0.2) is 0 Å². The van der Waals surface area contributed by atoms with Gasteiger partial charge in [0.1, 0.15) is 0 Å². The normalized spacial score (nSPS) is 12.8. The van der Waals surface area contributed by atoms with E-state index in [2.05, 4.69) is 16.0 Å². The lowest BCUT2D eigenvalue weighted by atomic mass is 10.1. The average Bonchev–Trinajstić information content (AvgIpc) is 2.54. The summed E-state index contributed by atoms with van der Waals surface area (Å²) in [6.45, 7) is 5.22. The Balaban J connectivity index is 1.98. The van der Waals surface area contributed by atoms with E-state index in [0.29, 0.717) is 10.7 Å². The van der Waals surface area contributed by atoms with Crippen molar-refractivity contribution in [2.24, 2.45) is 0 Å². The van der Waals surface area contributed by atoms with Crippen LogP contribution in [0.3, 0.4) is 0 Å². The Bertz CT molecular complexity index is 764. The van der Waals surface area contributed by atoms with Crippen molar-refractivity contribution in [3.05, 3.63) is 64.7 Å². The molecule has 0 aliphatic rings. The number of anilines is 1. The lowest BCUT2D eigenvalue weighted by Gasteiger charge is -2.20. The monoisotopic (exact) mass is 359 g/mol. The zero-order valence-electron chi connectivity index (χ0n) is 14.5. The number of rotatable bonds is 5. The smallest absolute Gasteiger partial charge is 0.315 e. The van der Waals surface area contributed by atoms with Crippen LogP contribution < -0.4 is 16.0 Å². The number of nitrogens with one attached hydrogen (secondary N) is 3. The fourth-order valence-corrected chi connectivity index (χ4v) is 2.81. The topological polar surface area (TPSA) is 70.2 Å². The first-order chi connectivity index (χ1) is 11.9. The largest absolute Gasteiger partial charge is 0.332 e. The van der Waals surface area contributed by atoms with Crippen LogP contribution >= 0.6 is 11.6 Å². The van der Waals surface area contributed by atoms with Crippen molar-refractivity contribution in [1.82, 2.24) is 10.6 Å². The number of hydrogen-bond acceptors (Lipinski definition) is 2. The molecule has 2 aromatic rings. The quantitative estimate of drug-likeness (QED) is 0.739. The van der Waals surface area contributed by atoms with Crippen molar-refractivity contribution in [3.8, 4) is 0 Å². The molecule has 3 N–H and O–H groups in total. The van der Waals surface area contributed by atoms with Gasteiger partial charge in [-0.3, -0.25) is 4.79 Å². The maximum Gasteiger partial charge on any atom is 0.315 e. The third kappa shape index (κ3) is 5.50. The van der Waals surface area contributed by atoms with Crippen LogP contribution in [0.4, 0.5) is 10.5 Å². The van der Waals surface area contributed by atoms with E-state index in [1.54, 1.807) is 12.1 Å². The summed E-state index contributed by atoms with van der Waals surface area (Å²) in [5, 5.41) is 9.12. The highest BCUT2D eigenvalue weighted by Gasteiger charge is 2.15. The van der Waals surface area contributed by atoms with Crippen LogP contribution in [-0.4, -0.2) is 11.9 Å². The van der Waals surface area contributed by atoms with Gasteiger partial charge < -0.3 is 16.0 Å². The molecule has 3 amide bonds. The summed E-state index contributed by atoms with van der Waals surface area (Å²) in [6, 6.07) is 14.1. The van der Waals surface area contributed by atoms with Gasteiger partial charge in [0.05, 0.1) is 12.1 Å². The molecule has 0 aliphatic heterocycles. The summed E-state index contributed by atoms with van der Waals surface area (Å²) < 4.78 is 0. The van der Waals surface area contributed by atoms with Gasteiger partial charge in [-0.15, -0.1) is 0 Å². The van der Waals surface area contributed by atoms with Crippen molar-refractivity contribution < 1.29 is 9.59 Å². The van der Waals surface area contributed by atoms with E-state index in [4.69, 9.17) is 11.6 Å². The first-order valence-electron chi connectivity index (χ1n) is 8.06. The summed E-state index contributed by atoms with van der Waals surface area (Å²) in [5.41, 5.74) is 2.45. The van der Waals surface area contributed by atoms with Crippen LogP contribution in [0.15, 0.2) is 48.5 Å². The minimum absolute atomic E-state index is 0.135. The van der Waals surface area contributed by atoms with Crippen LogP contribution in [-0.2, 0) is 4.79 Å². The number of carbonyl (C=O) groups excluding carboxylic acids is 2. The van der Waals surface area contributed by atoms with Gasteiger partial charge in [0.25, 0.3) is 0 Å². The van der Waals surface area contributed by atoms with Gasteiger partial charge in [0, 0.05) is 17.6 Å². The van der Waals surface area contributed by atoms with Crippen molar-refractivity contribution in [1.29, 1.82) is 0 Å². The van der Waals surface area contributed by atoms with E-state index in [1.165, 1.54) is 6.92 Å². The fraction of sp³-hybridized carbons (Fsp3) is 0.263. The van der Waals surface area contributed by atoms with E-state index in [9.17, 15) is 9.59 Å². The van der Waals surface area contributed by atoms with Crippen molar-refractivity contribution in [2.45, 2.75) is 32.9 Å². The van der Waals surface area contributed by atoms with E-state index >= 15 is 0 Å². The van der Waals surface area contributed by atoms with Crippen LogP contribution in [0.2, 0.25) is 5.02 Å². The molecule has 0 aromatic heterocycles. The Hall–Kier alpha value is -2.53. The minimum atomic E-state index is -0.287. The molecule has 0 bridgehead atoms. The zero-order valence-corrected chi connectivity index (χ0v) is 15.2. The van der Waals surface area contributed by atoms with Gasteiger partial charge in [-0.05, 0) is 43.2 Å². The molecule has 2 aromatic carbocycles. The van der Waals surface area contributed by atoms with Crippen molar-refractivity contribution in [2.75, 3.05) is 5.32 Å². The molecular formula is C19H22ClN3O2. The van der Waals surface area contributed by atoms with Gasteiger partial charge in [-0.2, -0.15) is 0 Å². The van der Waals surface area contributed by atoms with Gasteiger partial charge >= 0.3 is 6.03 Å². The Labute approximate surface area is 152 Å². The van der Waals surface area contributed by atoms with Crippen LogP contribution in [0, 0.1) is 0 Å². The zero-order chi connectivity index (χ0) is 18.4. The molecule has 2 atom stereocenters. The van der Waals surface area contributed by atoms with Gasteiger partial charge in [-0.25, -0.2) is 4.79 Å². The molecule has 5 nitrogen and oxygen atoms in total. The maximum atomic E-state index is 12.2. The molecule has 0 aliphatic carbocycles. The second-order valence-corrected chi connectivity index (χ2v) is 6.30. The minimum Gasteiger partial charge on any atom is -0.332 e. The molecule has 0 saturated heterocycles. The van der Waals surface area contributed by atoms with Crippen LogP contribution in [0.1, 0.15) is 44.0 Å². The van der Waals surface area contributed by atoms with E-state index in [-0.39, 0.29) is 24.0 Å². The third-order valence-electron chi connectivity index (χ3n) is 3.77. The standard InChI is InChI=1S/C19H22ClN3O2/c1-12(15-7-6-8-16(11-15)23-14(3)24)21-19(25)22-13(2)17-9-4-5-10-18(17)20/h4-13H,1-3H3,(H,23,24)(H2,21,22,25). The fourth-order valence-electron chi connectivity index (χ4n) is 2.51. The lowest BCUT2D eigenvalue weighted by molar-refractivity contribution is -0.114. The number of urea groups is 1. The molecule has 25 heavy (non-hydrogen) atoms. The number of amides is 3. The van der Waals surface area contributed by atoms with Gasteiger partial charge in [0.2, 0.25) is 5.91 Å². The summed E-state index contributed by atoms with van der Waals surface area (Å²) in [5.74, 6) is -0.135. The maximum absolute atomic E-state index is 12.2. The van der Waals surface area contributed by atoms with E-state index in [1.807, 2.05) is 50.2 Å². The predicted octanol–water partition coefficient (Wildman–Crippen LogP) is 4.42. The second-order valence-electron chi connectivity index (χ2n) is 5.89. The highest BCUT2D eigenvalue weighted by Crippen LogP contribution is 2.22. The first-order valence-corrected chi connectivity index (χ1v) is 8.43. The van der Waals surface area contributed by atoms with Crippen molar-refractivity contribution in [3.63, 3.8) is 0 Å². The summed E-state index contributed by atoms with van der Waals surface area (Å²) in [7, 11) is 0. The van der Waals surface area contributed by atoms with Crippen molar-refractivity contribution >= 4 is 29.2 Å². The molecule has 2 rings (SSSR count). The number of halogens is 1. The predicted molar refractivity (Wildman–Crippen MR) is 101 cm³/mol. The molecule has 0 radical (unpaired) electrons. The molecule has 2 unspecified atom stereocenters. The Morgan fingerprint density at radius 3 is 2.32 bits per heavy atom. The van der Waals surface area contributed by atoms with Crippen LogP contribution in [0.25, 0.3) is 0 Å². The molecule has 0 saturated carbocycles. The number of benzene rings is 2. The molecule has 132 valence electrons. The Morgan fingerprint density at radius 1 is 0.960 bits per heavy atom. The Kier molecular flexibility index (Phi) is 6.42. The van der Waals surface area contributed by atoms with E-state index in [0.717, 1.165) is 11.1 Å². The molecule has 0 fully saturated rings. The summed E-state index contributed by atoms with van der Waals surface area (Å²) in [4.78, 5) is 23.4. The summed E-state index contributed by atoms with van der Waals surface area (Å²) in [6.07, 6.45) is 0. The average molecular weight is 360 g/mol.